The topological polar surface area (TPSA) is 81.2 Å². The van der Waals surface area contributed by atoms with E-state index in [1.54, 1.807) is 19.4 Å². The smallest absolute Gasteiger partial charge is 0.161 e. The van der Waals surface area contributed by atoms with Gasteiger partial charge in [0.25, 0.3) is 0 Å². The van der Waals surface area contributed by atoms with E-state index >= 15 is 0 Å². The first-order valence-electron chi connectivity index (χ1n) is 6.61. The van der Waals surface area contributed by atoms with E-state index in [1.807, 2.05) is 30.3 Å². The summed E-state index contributed by atoms with van der Waals surface area (Å²) in [6, 6.07) is 11.3. The average Bonchev–Trinajstić information content (AvgIpc) is 2.53. The van der Waals surface area contributed by atoms with Crippen LogP contribution in [0.4, 0.5) is 0 Å². The Balaban J connectivity index is 2.14. The van der Waals surface area contributed by atoms with Crippen molar-refractivity contribution in [3.8, 4) is 17.6 Å². The highest BCUT2D eigenvalue weighted by molar-refractivity contribution is 5.43. The summed E-state index contributed by atoms with van der Waals surface area (Å²) in [4.78, 5) is 3.93. The molecule has 21 heavy (non-hydrogen) atoms. The molecule has 2 aromatic rings. The normalized spacial score (nSPS) is 9.95. The summed E-state index contributed by atoms with van der Waals surface area (Å²) in [6.07, 6.45) is 2.38. The highest BCUT2D eigenvalue weighted by Gasteiger charge is 2.06. The molecule has 0 aliphatic heterocycles. The molecule has 0 aliphatic carbocycles. The van der Waals surface area contributed by atoms with Gasteiger partial charge in [-0.15, -0.1) is 0 Å². The Labute approximate surface area is 123 Å². The minimum absolute atomic E-state index is 0.347. The Kier molecular flexibility index (Phi) is 5.13. The lowest BCUT2D eigenvalue weighted by Crippen LogP contribution is -2.04. The number of aromatic nitrogens is 1. The van der Waals surface area contributed by atoms with Crippen molar-refractivity contribution in [2.24, 2.45) is 5.73 Å². The molecular weight excluding hydrogens is 266 g/mol. The fourth-order valence-electron chi connectivity index (χ4n) is 1.94. The zero-order chi connectivity index (χ0) is 15.1. The van der Waals surface area contributed by atoms with Crippen molar-refractivity contribution in [3.05, 3.63) is 53.3 Å². The Morgan fingerprint density at radius 1 is 1.19 bits per heavy atom. The highest BCUT2D eigenvalue weighted by Crippen LogP contribution is 2.29. The van der Waals surface area contributed by atoms with Crippen molar-refractivity contribution in [2.45, 2.75) is 13.0 Å². The van der Waals surface area contributed by atoms with E-state index in [1.165, 1.54) is 0 Å². The third-order valence-electron chi connectivity index (χ3n) is 2.99. The summed E-state index contributed by atoms with van der Waals surface area (Å²) >= 11 is 0. The molecule has 2 N–H and O–H groups in total. The molecule has 5 heteroatoms. The first kappa shape index (κ1) is 14.8. The van der Waals surface area contributed by atoms with E-state index in [4.69, 9.17) is 20.5 Å². The largest absolute Gasteiger partial charge is 0.493 e. The van der Waals surface area contributed by atoms with E-state index in [0.717, 1.165) is 17.5 Å². The third-order valence-corrected chi connectivity index (χ3v) is 2.99. The quantitative estimate of drug-likeness (QED) is 0.877. The van der Waals surface area contributed by atoms with Crippen LogP contribution >= 0.6 is 0 Å². The lowest BCUT2D eigenvalue weighted by Gasteiger charge is -2.12. The molecule has 0 saturated heterocycles. The fraction of sp³-hybridized carbons (Fsp3) is 0.250. The van der Waals surface area contributed by atoms with Gasteiger partial charge in [0.05, 0.1) is 7.11 Å². The fourth-order valence-corrected chi connectivity index (χ4v) is 1.94. The van der Waals surface area contributed by atoms with Gasteiger partial charge in [-0.1, -0.05) is 6.07 Å². The van der Waals surface area contributed by atoms with Gasteiger partial charge in [0.15, 0.2) is 11.5 Å². The number of nitrogens with two attached hydrogens (primary N) is 1. The van der Waals surface area contributed by atoms with E-state index in [0.29, 0.717) is 30.3 Å². The lowest BCUT2D eigenvalue weighted by atomic mass is 10.1. The second-order valence-electron chi connectivity index (χ2n) is 4.47. The second-order valence-corrected chi connectivity index (χ2v) is 4.47. The van der Waals surface area contributed by atoms with Crippen LogP contribution in [0.5, 0.6) is 11.5 Å². The van der Waals surface area contributed by atoms with E-state index in [9.17, 15) is 0 Å². The summed E-state index contributed by atoms with van der Waals surface area (Å²) in [6.45, 7) is 0.932. The molecule has 5 nitrogen and oxygen atoms in total. The van der Waals surface area contributed by atoms with Crippen LogP contribution in [0, 0.1) is 11.3 Å². The molecule has 0 spiro atoms. The van der Waals surface area contributed by atoms with Crippen LogP contribution in [0.3, 0.4) is 0 Å². The molecule has 0 aliphatic rings. The molecule has 1 heterocycles. The highest BCUT2D eigenvalue weighted by atomic mass is 16.5. The number of pyridine rings is 1. The van der Waals surface area contributed by atoms with Gasteiger partial charge in [0.1, 0.15) is 18.4 Å². The Bertz CT molecular complexity index is 650. The Hall–Kier alpha value is -2.58. The van der Waals surface area contributed by atoms with Crippen molar-refractivity contribution in [1.29, 1.82) is 5.26 Å². The van der Waals surface area contributed by atoms with Crippen LogP contribution < -0.4 is 15.2 Å². The van der Waals surface area contributed by atoms with Gasteiger partial charge in [-0.25, -0.2) is 4.98 Å². The van der Waals surface area contributed by atoms with E-state index in [-0.39, 0.29) is 0 Å². The van der Waals surface area contributed by atoms with Gasteiger partial charge in [-0.05, 0) is 48.4 Å². The van der Waals surface area contributed by atoms with Gasteiger partial charge < -0.3 is 15.2 Å². The first-order valence-corrected chi connectivity index (χ1v) is 6.61. The number of nitrogens with zero attached hydrogens (tertiary/aromatic N) is 2. The summed E-state index contributed by atoms with van der Waals surface area (Å²) < 4.78 is 11.1. The molecule has 1 aromatic heterocycles. The van der Waals surface area contributed by atoms with Crippen molar-refractivity contribution in [1.82, 2.24) is 4.98 Å². The number of methoxy groups -OCH3 is 1. The van der Waals surface area contributed by atoms with Gasteiger partial charge in [0.2, 0.25) is 0 Å². The second kappa shape index (κ2) is 7.27. The van der Waals surface area contributed by atoms with Gasteiger partial charge in [-0.3, -0.25) is 0 Å². The summed E-state index contributed by atoms with van der Waals surface area (Å²) in [5.41, 5.74) is 7.92. The Morgan fingerprint density at radius 2 is 2.05 bits per heavy atom. The number of hydrogen-bond donors (Lipinski definition) is 1. The van der Waals surface area contributed by atoms with Crippen LogP contribution in [0.15, 0.2) is 36.5 Å². The third kappa shape index (κ3) is 3.94. The van der Waals surface area contributed by atoms with E-state index < -0.39 is 0 Å². The maximum absolute atomic E-state index is 8.84. The molecule has 0 atom stereocenters. The minimum atomic E-state index is 0.347. The Morgan fingerprint density at radius 3 is 2.76 bits per heavy atom. The molecule has 0 amide bonds. The molecule has 108 valence electrons. The summed E-state index contributed by atoms with van der Waals surface area (Å²) in [7, 11) is 1.60. The maximum atomic E-state index is 8.84. The molecule has 0 unspecified atom stereocenters. The molecule has 0 saturated carbocycles. The maximum Gasteiger partial charge on any atom is 0.161 e. The van der Waals surface area contributed by atoms with Crippen LogP contribution in [0.25, 0.3) is 0 Å². The molecular formula is C16H17N3O2. The SMILES string of the molecule is COc1ccc(CCN)cc1OCc1ccnc(C#N)c1. The van der Waals surface area contributed by atoms with Gasteiger partial charge in [-0.2, -0.15) is 5.26 Å². The molecule has 0 radical (unpaired) electrons. The van der Waals surface area contributed by atoms with Gasteiger partial charge >= 0.3 is 0 Å². The zero-order valence-electron chi connectivity index (χ0n) is 11.9. The van der Waals surface area contributed by atoms with Crippen molar-refractivity contribution >= 4 is 0 Å². The molecule has 0 bridgehead atoms. The predicted molar refractivity (Wildman–Crippen MR) is 79.0 cm³/mol. The minimum Gasteiger partial charge on any atom is -0.493 e. The number of benzene rings is 1. The van der Waals surface area contributed by atoms with Gasteiger partial charge in [0, 0.05) is 6.20 Å². The monoisotopic (exact) mass is 283 g/mol. The number of ether oxygens (including phenoxy) is 2. The van der Waals surface area contributed by atoms with Crippen LogP contribution in [-0.4, -0.2) is 18.6 Å². The zero-order valence-corrected chi connectivity index (χ0v) is 11.9. The molecule has 0 fully saturated rings. The average molecular weight is 283 g/mol. The standard InChI is InChI=1S/C16H17N3O2/c1-20-15-3-2-12(4-6-17)9-16(15)21-11-13-5-7-19-14(8-13)10-18/h2-3,5,7-9H,4,6,11,17H2,1H3. The summed E-state index contributed by atoms with van der Waals surface area (Å²) in [5, 5.41) is 8.84. The van der Waals surface area contributed by atoms with Crippen LogP contribution in [0.1, 0.15) is 16.8 Å². The van der Waals surface area contributed by atoms with Crippen molar-refractivity contribution in [2.75, 3.05) is 13.7 Å². The lowest BCUT2D eigenvalue weighted by molar-refractivity contribution is 0.284. The van der Waals surface area contributed by atoms with Crippen LogP contribution in [0.2, 0.25) is 0 Å². The number of rotatable bonds is 6. The molecule has 2 rings (SSSR count). The predicted octanol–water partition coefficient (Wildman–Crippen LogP) is 2.04. The first-order chi connectivity index (χ1) is 10.3. The summed E-state index contributed by atoms with van der Waals surface area (Å²) in [5.74, 6) is 1.34. The van der Waals surface area contributed by atoms with Crippen LogP contribution in [-0.2, 0) is 13.0 Å². The number of hydrogen-bond acceptors (Lipinski definition) is 5. The van der Waals surface area contributed by atoms with E-state index in [2.05, 4.69) is 4.98 Å². The van der Waals surface area contributed by atoms with Crippen molar-refractivity contribution in [3.63, 3.8) is 0 Å². The molecule has 1 aromatic carbocycles. The van der Waals surface area contributed by atoms with Crippen molar-refractivity contribution < 1.29 is 9.47 Å². The number of nitriles is 1.